The van der Waals surface area contributed by atoms with Crippen molar-refractivity contribution in [2.24, 2.45) is 0 Å². The molecule has 0 saturated heterocycles. The number of nitrogens with zero attached hydrogens (tertiary/aromatic N) is 5. The number of rotatable bonds is 6. The van der Waals surface area contributed by atoms with Crippen LogP contribution in [0.15, 0.2) is 182 Å². The predicted molar refractivity (Wildman–Crippen MR) is 269 cm³/mol. The zero-order valence-electron chi connectivity index (χ0n) is 44.5. The average molecular weight is 1050 g/mol. The van der Waals surface area contributed by atoms with Crippen molar-refractivity contribution >= 4 is 46.4 Å². The van der Waals surface area contributed by atoms with Crippen LogP contribution in [0, 0.1) is 22.8 Å². The van der Waals surface area contributed by atoms with Crippen molar-refractivity contribution in [3.63, 3.8) is 0 Å². The number of imidazole rings is 1. The number of aryl methyl sites for hydroxylation is 1. The van der Waals surface area contributed by atoms with Crippen LogP contribution >= 0.6 is 0 Å². The Kier molecular flexibility index (Phi) is 7.23. The van der Waals surface area contributed by atoms with Crippen LogP contribution in [0.4, 0.5) is 22.9 Å². The second kappa shape index (κ2) is 15.0. The number of ether oxygens (including phenoxy) is 1. The molecule has 0 aliphatic carbocycles. The van der Waals surface area contributed by atoms with E-state index in [4.69, 9.17) is 17.9 Å². The van der Waals surface area contributed by atoms with Crippen molar-refractivity contribution in [1.82, 2.24) is 14.1 Å². The summed E-state index contributed by atoms with van der Waals surface area (Å²) in [6.07, 6.45) is 0. The SMILES string of the molecule is [2H]c1c([2H])c([2H])c(-c2cccc(-c3cccc(C(C)(C)C)c3)c2-n2[c](=[Pt])n(-c3[c-]c(Oc4ccc5c(n4)N4B6c7c(cccc7-5)-c5ccccc5N6c5ccc[c-]c54)c(C([2H])([2H])[2H])cc3)c3ccccc32)c([2H])c1[2H]. The Bertz CT molecular complexity index is 4140. The van der Waals surface area contributed by atoms with Gasteiger partial charge < -0.3 is 0 Å². The van der Waals surface area contributed by atoms with E-state index in [1.54, 1.807) is 24.3 Å². The van der Waals surface area contributed by atoms with Gasteiger partial charge in [0.05, 0.1) is 0 Å². The number of fused-ring (bicyclic) bond motifs is 10. The van der Waals surface area contributed by atoms with Crippen LogP contribution in [0.1, 0.15) is 42.9 Å². The number of pyridine rings is 1. The Balaban J connectivity index is 0.999. The molecule has 8 heteroatoms. The molecule has 0 N–H and O–H groups in total. The van der Waals surface area contributed by atoms with Gasteiger partial charge in [-0.2, -0.15) is 12.1 Å². The summed E-state index contributed by atoms with van der Waals surface area (Å²) in [6, 6.07) is 54.4. The van der Waals surface area contributed by atoms with Crippen molar-refractivity contribution in [3.8, 4) is 67.5 Å². The number of aromatic nitrogens is 3. The topological polar surface area (TPSA) is 38.5 Å². The average Bonchev–Trinajstić information content (AvgIpc) is 3.95. The van der Waals surface area contributed by atoms with Gasteiger partial charge in [-0.25, -0.2) is 0 Å². The van der Waals surface area contributed by atoms with Crippen LogP contribution < -0.4 is 19.8 Å². The van der Waals surface area contributed by atoms with Gasteiger partial charge in [0.1, 0.15) is 0 Å². The van der Waals surface area contributed by atoms with Crippen LogP contribution in [0.3, 0.4) is 0 Å². The van der Waals surface area contributed by atoms with Crippen molar-refractivity contribution in [1.29, 1.82) is 0 Å². The molecular weight excluding hydrogens is 1000 g/mol. The third-order valence-corrected chi connectivity index (χ3v) is 14.1. The second-order valence-electron chi connectivity index (χ2n) is 17.9. The van der Waals surface area contributed by atoms with E-state index < -0.39 is 25.0 Å². The number of hydrogen-bond acceptors (Lipinski definition) is 4. The normalized spacial score (nSPS) is 15.0. The first-order chi connectivity index (χ1) is 36.0. The molecule has 0 saturated carbocycles. The fourth-order valence-electron chi connectivity index (χ4n) is 10.1. The molecule has 10 aromatic rings. The second-order valence-corrected chi connectivity index (χ2v) is 19.0. The Morgan fingerprint density at radius 1 is 0.657 bits per heavy atom. The summed E-state index contributed by atoms with van der Waals surface area (Å²) in [6.45, 7) is 3.59. The van der Waals surface area contributed by atoms with E-state index in [1.165, 1.54) is 5.46 Å². The van der Waals surface area contributed by atoms with Crippen LogP contribution in [0.2, 0.25) is 0 Å². The molecule has 3 aliphatic rings. The van der Waals surface area contributed by atoms with Crippen LogP contribution in [-0.2, 0) is 24.8 Å². The summed E-state index contributed by atoms with van der Waals surface area (Å²) >= 11 is 2.24. The molecule has 67 heavy (non-hydrogen) atoms. The summed E-state index contributed by atoms with van der Waals surface area (Å²) < 4.78 is 81.8. The van der Waals surface area contributed by atoms with Gasteiger partial charge in [-0.3, -0.25) is 0 Å². The quantitative estimate of drug-likeness (QED) is 0.123. The third-order valence-electron chi connectivity index (χ3n) is 13.1. The minimum atomic E-state index is -2.60. The van der Waals surface area contributed by atoms with Gasteiger partial charge in [-0.15, -0.1) is 6.07 Å². The zero-order chi connectivity index (χ0) is 52.0. The van der Waals surface area contributed by atoms with Gasteiger partial charge in [0.15, 0.2) is 0 Å². The third kappa shape index (κ3) is 6.07. The van der Waals surface area contributed by atoms with Gasteiger partial charge in [0.25, 0.3) is 0 Å². The number of anilines is 4. The maximum absolute atomic E-state index is 9.20. The predicted octanol–water partition coefficient (Wildman–Crippen LogP) is 13.9. The molecule has 0 bridgehead atoms. The fourth-order valence-corrected chi connectivity index (χ4v) is 11.2. The first kappa shape index (κ1) is 32.2. The minimum absolute atomic E-state index is 0.0281. The molecule has 0 fully saturated rings. The van der Waals surface area contributed by atoms with Crippen molar-refractivity contribution in [2.45, 2.75) is 33.0 Å². The van der Waals surface area contributed by atoms with Crippen LogP contribution in [0.25, 0.3) is 66.9 Å². The molecule has 0 amide bonds. The summed E-state index contributed by atoms with van der Waals surface area (Å²) in [5, 5.41) is 0. The Labute approximate surface area is 412 Å². The van der Waals surface area contributed by atoms with Crippen molar-refractivity contribution in [2.75, 3.05) is 9.62 Å². The number of para-hydroxylation sites is 5. The van der Waals surface area contributed by atoms with E-state index in [0.717, 1.165) is 67.0 Å². The summed E-state index contributed by atoms with van der Waals surface area (Å²) in [4.78, 5) is 9.78. The van der Waals surface area contributed by atoms with Crippen molar-refractivity contribution in [3.05, 3.63) is 209 Å². The molecule has 6 nitrogen and oxygen atoms in total. The molecule has 5 heterocycles. The van der Waals surface area contributed by atoms with Crippen molar-refractivity contribution < 1.29 is 35.1 Å². The van der Waals surface area contributed by atoms with Gasteiger partial charge >= 0.3 is 343 Å². The maximum atomic E-state index is 9.20. The summed E-state index contributed by atoms with van der Waals surface area (Å²) in [5.41, 5.74) is 13.8. The summed E-state index contributed by atoms with van der Waals surface area (Å²) in [5.74, 6) is 0.795. The van der Waals surface area contributed by atoms with E-state index in [1.807, 2.05) is 75.9 Å². The molecule has 324 valence electrons. The first-order valence-electron chi connectivity index (χ1n) is 26.1. The molecule has 0 radical (unpaired) electrons. The molecule has 0 unspecified atom stereocenters. The fraction of sp³-hybridized carbons (Fsp3) is 0.0847. The molecule has 3 aliphatic heterocycles. The van der Waals surface area contributed by atoms with E-state index in [-0.39, 0.29) is 47.2 Å². The molecule has 0 spiro atoms. The number of hydrogen-bond donors (Lipinski definition) is 0. The standard InChI is InChI=1S/C59H42BN5O.Pt/c1-38-31-32-42(62-37-63(51-28-11-10-27-50(51)62)57-43(39-17-6-5-7-18-39)22-15-23-44(57)40-19-14-20-41(35-40)59(2,3)4)36-54(38)66-55-34-33-48-47-25-16-24-46-45-21-8-9-26-49(45)64-52-29-12-13-30-53(52)65(58(48)61-55)60(64)56(46)47;/h5-29,31-35H,1-4H3;/q-2;/i1D3,5D,6D,7D,17D,18D;. The van der Waals surface area contributed by atoms with Gasteiger partial charge in [-0.05, 0) is 11.6 Å². The molecule has 0 atom stereocenters. The van der Waals surface area contributed by atoms with E-state index in [2.05, 4.69) is 123 Å². The van der Waals surface area contributed by atoms with E-state index in [0.29, 0.717) is 26.6 Å². The van der Waals surface area contributed by atoms with Gasteiger partial charge in [0, 0.05) is 11.3 Å². The van der Waals surface area contributed by atoms with E-state index in [9.17, 15) is 2.74 Å². The van der Waals surface area contributed by atoms with Crippen LogP contribution in [-0.4, -0.2) is 21.1 Å². The van der Waals surface area contributed by atoms with Gasteiger partial charge in [-0.1, -0.05) is 30.3 Å². The van der Waals surface area contributed by atoms with Gasteiger partial charge in [0.2, 0.25) is 0 Å². The van der Waals surface area contributed by atoms with Crippen LogP contribution in [0.5, 0.6) is 11.6 Å². The Morgan fingerprint density at radius 2 is 1.36 bits per heavy atom. The Hall–Kier alpha value is -7.47. The molecular formula is C59H42BN5OPt-2. The monoisotopic (exact) mass is 1050 g/mol. The van der Waals surface area contributed by atoms with E-state index >= 15 is 0 Å². The Morgan fingerprint density at radius 3 is 2.16 bits per heavy atom. The summed E-state index contributed by atoms with van der Waals surface area (Å²) in [7, 11) is 0. The zero-order valence-corrected chi connectivity index (χ0v) is 38.7. The molecule has 2 aromatic heterocycles. The first-order valence-corrected chi connectivity index (χ1v) is 23.2. The molecule has 13 rings (SSSR count). The molecule has 8 aromatic carbocycles. The number of benzene rings is 8.